The first-order valence-electron chi connectivity index (χ1n) is 7.03. The summed E-state index contributed by atoms with van der Waals surface area (Å²) in [4.78, 5) is 25.4. The van der Waals surface area contributed by atoms with E-state index in [4.69, 9.17) is 16.3 Å². The number of para-hydroxylation sites is 1. The number of nitrogens with zero attached hydrogens (tertiary/aromatic N) is 1. The number of amides is 2. The van der Waals surface area contributed by atoms with Crippen LogP contribution in [-0.4, -0.2) is 37.6 Å². The van der Waals surface area contributed by atoms with E-state index in [0.717, 1.165) is 0 Å². The predicted molar refractivity (Wildman–Crippen MR) is 81.5 cm³/mol. The number of halogens is 1. The van der Waals surface area contributed by atoms with Gasteiger partial charge in [-0.25, -0.2) is 0 Å². The van der Waals surface area contributed by atoms with Crippen LogP contribution >= 0.6 is 11.6 Å². The molecule has 2 rings (SSSR count). The summed E-state index contributed by atoms with van der Waals surface area (Å²) in [5.74, 6) is -0.125. The summed E-state index contributed by atoms with van der Waals surface area (Å²) < 4.78 is 5.14. The van der Waals surface area contributed by atoms with Crippen molar-refractivity contribution >= 4 is 29.1 Å². The normalized spacial score (nSPS) is 18.1. The number of hydrogen-bond donors (Lipinski definition) is 1. The van der Waals surface area contributed by atoms with Gasteiger partial charge in [0, 0.05) is 26.0 Å². The van der Waals surface area contributed by atoms with Crippen LogP contribution in [0.15, 0.2) is 24.3 Å². The van der Waals surface area contributed by atoms with Gasteiger partial charge in [0.2, 0.25) is 11.8 Å². The van der Waals surface area contributed by atoms with Gasteiger partial charge in [-0.1, -0.05) is 23.7 Å². The monoisotopic (exact) mass is 310 g/mol. The number of nitrogens with one attached hydrogen (secondary N) is 1. The lowest BCUT2D eigenvalue weighted by molar-refractivity contribution is -0.122. The molecule has 0 saturated carbocycles. The van der Waals surface area contributed by atoms with Gasteiger partial charge in [-0.2, -0.15) is 0 Å². The van der Waals surface area contributed by atoms with Gasteiger partial charge in [0.25, 0.3) is 0 Å². The molecule has 1 unspecified atom stereocenters. The lowest BCUT2D eigenvalue weighted by Crippen LogP contribution is -2.37. The van der Waals surface area contributed by atoms with Crippen LogP contribution in [0.3, 0.4) is 0 Å². The van der Waals surface area contributed by atoms with E-state index in [9.17, 15) is 9.59 Å². The molecule has 21 heavy (non-hydrogen) atoms. The molecule has 1 saturated heterocycles. The van der Waals surface area contributed by atoms with E-state index in [2.05, 4.69) is 5.32 Å². The first kappa shape index (κ1) is 15.8. The molecule has 0 radical (unpaired) electrons. The van der Waals surface area contributed by atoms with Crippen LogP contribution < -0.4 is 10.2 Å². The topological polar surface area (TPSA) is 58.6 Å². The third kappa shape index (κ3) is 4.19. The Balaban J connectivity index is 1.91. The fraction of sp³-hybridized carbons (Fsp3) is 0.467. The van der Waals surface area contributed by atoms with E-state index in [1.807, 2.05) is 19.1 Å². The van der Waals surface area contributed by atoms with E-state index in [0.29, 0.717) is 43.3 Å². The zero-order valence-electron chi connectivity index (χ0n) is 12.0. The van der Waals surface area contributed by atoms with Gasteiger partial charge in [0.15, 0.2) is 0 Å². The Morgan fingerprint density at radius 2 is 2.24 bits per heavy atom. The molecule has 1 aromatic carbocycles. The first-order chi connectivity index (χ1) is 10.1. The second kappa shape index (κ2) is 7.43. The van der Waals surface area contributed by atoms with Gasteiger partial charge >= 0.3 is 0 Å². The average molecular weight is 311 g/mol. The third-order valence-electron chi connectivity index (χ3n) is 3.31. The third-order valence-corrected chi connectivity index (χ3v) is 3.63. The molecular formula is C15H19ClN2O3. The number of anilines is 1. The standard InChI is InChI=1S/C15H19ClN2O3/c1-2-21-8-7-14(19)17-11-9-15(20)18(10-11)13-6-4-3-5-12(13)16/h3-6,11H,2,7-10H2,1H3,(H,17,19). The second-order valence-corrected chi connectivity index (χ2v) is 5.28. The summed E-state index contributed by atoms with van der Waals surface area (Å²) in [6.07, 6.45) is 0.607. The molecule has 1 N–H and O–H groups in total. The van der Waals surface area contributed by atoms with Crippen molar-refractivity contribution in [3.63, 3.8) is 0 Å². The average Bonchev–Trinajstić information content (AvgIpc) is 2.80. The summed E-state index contributed by atoms with van der Waals surface area (Å²) in [5.41, 5.74) is 0.690. The van der Waals surface area contributed by atoms with Crippen LogP contribution in [0.4, 0.5) is 5.69 Å². The summed E-state index contributed by atoms with van der Waals surface area (Å²) in [7, 11) is 0. The van der Waals surface area contributed by atoms with Gasteiger partial charge in [-0.15, -0.1) is 0 Å². The van der Waals surface area contributed by atoms with Gasteiger partial charge in [-0.3, -0.25) is 9.59 Å². The van der Waals surface area contributed by atoms with Crippen LogP contribution in [-0.2, 0) is 14.3 Å². The SMILES string of the molecule is CCOCCC(=O)NC1CC(=O)N(c2ccccc2Cl)C1. The number of benzene rings is 1. The molecule has 1 heterocycles. The van der Waals surface area contributed by atoms with Gasteiger partial charge in [-0.05, 0) is 19.1 Å². The van der Waals surface area contributed by atoms with Crippen molar-refractivity contribution in [2.24, 2.45) is 0 Å². The van der Waals surface area contributed by atoms with Crippen LogP contribution in [0.5, 0.6) is 0 Å². The van der Waals surface area contributed by atoms with Crippen LogP contribution in [0.1, 0.15) is 19.8 Å². The maximum atomic E-state index is 12.1. The van der Waals surface area contributed by atoms with Crippen molar-refractivity contribution in [2.75, 3.05) is 24.7 Å². The van der Waals surface area contributed by atoms with E-state index < -0.39 is 0 Å². The lowest BCUT2D eigenvalue weighted by atomic mass is 10.2. The van der Waals surface area contributed by atoms with Crippen molar-refractivity contribution in [3.8, 4) is 0 Å². The van der Waals surface area contributed by atoms with Crippen molar-refractivity contribution in [1.29, 1.82) is 0 Å². The summed E-state index contributed by atoms with van der Waals surface area (Å²) in [6, 6.07) is 7.03. The minimum atomic E-state index is -0.178. The van der Waals surface area contributed by atoms with Crippen molar-refractivity contribution < 1.29 is 14.3 Å². The van der Waals surface area contributed by atoms with E-state index in [1.165, 1.54) is 0 Å². The molecule has 0 aromatic heterocycles. The molecule has 0 bridgehead atoms. The number of ether oxygens (including phenoxy) is 1. The minimum absolute atomic E-state index is 0.0294. The molecule has 2 amide bonds. The largest absolute Gasteiger partial charge is 0.381 e. The summed E-state index contributed by atoms with van der Waals surface area (Å²) >= 11 is 6.11. The predicted octanol–water partition coefficient (Wildman–Crippen LogP) is 1.99. The van der Waals surface area contributed by atoms with Crippen LogP contribution in [0.2, 0.25) is 5.02 Å². The zero-order valence-corrected chi connectivity index (χ0v) is 12.7. The molecule has 1 aromatic rings. The van der Waals surface area contributed by atoms with E-state index in [1.54, 1.807) is 17.0 Å². The Labute approximate surface area is 129 Å². The number of rotatable bonds is 6. The van der Waals surface area contributed by atoms with Gasteiger partial charge in [0.05, 0.1) is 23.4 Å². The van der Waals surface area contributed by atoms with E-state index >= 15 is 0 Å². The number of carbonyl (C=O) groups is 2. The van der Waals surface area contributed by atoms with Crippen LogP contribution in [0.25, 0.3) is 0 Å². The van der Waals surface area contributed by atoms with Crippen molar-refractivity contribution in [2.45, 2.75) is 25.8 Å². The Kier molecular flexibility index (Phi) is 5.59. The van der Waals surface area contributed by atoms with Gasteiger partial charge in [0.1, 0.15) is 0 Å². The fourth-order valence-electron chi connectivity index (χ4n) is 2.32. The quantitative estimate of drug-likeness (QED) is 0.818. The molecule has 1 fully saturated rings. The summed E-state index contributed by atoms with van der Waals surface area (Å²) in [5, 5.41) is 3.40. The highest BCUT2D eigenvalue weighted by molar-refractivity contribution is 6.33. The maximum absolute atomic E-state index is 12.1. The maximum Gasteiger partial charge on any atom is 0.229 e. The van der Waals surface area contributed by atoms with E-state index in [-0.39, 0.29) is 17.9 Å². The molecule has 6 heteroatoms. The molecule has 1 atom stereocenters. The lowest BCUT2D eigenvalue weighted by Gasteiger charge is -2.18. The second-order valence-electron chi connectivity index (χ2n) is 4.87. The Morgan fingerprint density at radius 1 is 1.48 bits per heavy atom. The zero-order chi connectivity index (χ0) is 15.2. The molecule has 1 aliphatic heterocycles. The first-order valence-corrected chi connectivity index (χ1v) is 7.41. The van der Waals surface area contributed by atoms with Gasteiger partial charge < -0.3 is 15.0 Å². The fourth-order valence-corrected chi connectivity index (χ4v) is 2.55. The van der Waals surface area contributed by atoms with Crippen LogP contribution in [0, 0.1) is 0 Å². The highest BCUT2D eigenvalue weighted by Gasteiger charge is 2.32. The molecule has 5 nitrogen and oxygen atoms in total. The van der Waals surface area contributed by atoms with Crippen molar-refractivity contribution in [1.82, 2.24) is 5.32 Å². The van der Waals surface area contributed by atoms with Crippen molar-refractivity contribution in [3.05, 3.63) is 29.3 Å². The molecule has 1 aliphatic rings. The smallest absolute Gasteiger partial charge is 0.229 e. The highest BCUT2D eigenvalue weighted by Crippen LogP contribution is 2.28. The molecule has 0 aliphatic carbocycles. The minimum Gasteiger partial charge on any atom is -0.381 e. The summed E-state index contributed by atoms with van der Waals surface area (Å²) in [6.45, 7) is 3.32. The highest BCUT2D eigenvalue weighted by atomic mass is 35.5. The Bertz CT molecular complexity index is 521. The number of carbonyl (C=O) groups excluding carboxylic acids is 2. The Hall–Kier alpha value is -1.59. The molecular weight excluding hydrogens is 292 g/mol. The number of hydrogen-bond acceptors (Lipinski definition) is 3. The Morgan fingerprint density at radius 3 is 2.95 bits per heavy atom. The molecule has 114 valence electrons. The molecule has 0 spiro atoms.